The first-order chi connectivity index (χ1) is 11.5. The third kappa shape index (κ3) is 4.94. The fourth-order valence-electron chi connectivity index (χ4n) is 2.02. The van der Waals surface area contributed by atoms with Crippen LogP contribution >= 0.6 is 0 Å². The van der Waals surface area contributed by atoms with Gasteiger partial charge in [0.25, 0.3) is 5.91 Å². The molecule has 0 bridgehead atoms. The Bertz CT molecular complexity index is 738. The fourth-order valence-corrected chi connectivity index (χ4v) is 2.02. The van der Waals surface area contributed by atoms with E-state index in [2.05, 4.69) is 15.4 Å². The molecule has 3 amide bonds. The molecule has 0 fully saturated rings. The molecule has 126 valence electrons. The molecule has 0 heterocycles. The first-order valence-electron chi connectivity index (χ1n) is 6.93. The van der Waals surface area contributed by atoms with E-state index < -0.39 is 18.5 Å². The Morgan fingerprint density at radius 2 is 1.88 bits per heavy atom. The van der Waals surface area contributed by atoms with Crippen LogP contribution in [0.1, 0.15) is 15.9 Å². The predicted molar refractivity (Wildman–Crippen MR) is 83.9 cm³/mol. The molecule has 0 aliphatic heterocycles. The minimum atomic E-state index is -2.95. The van der Waals surface area contributed by atoms with E-state index >= 15 is 0 Å². The maximum atomic E-state index is 12.4. The van der Waals surface area contributed by atoms with Crippen molar-refractivity contribution in [1.29, 1.82) is 0 Å². The lowest BCUT2D eigenvalue weighted by Crippen LogP contribution is -2.24. The third-order valence-corrected chi connectivity index (χ3v) is 3.02. The number of primary amides is 1. The van der Waals surface area contributed by atoms with Gasteiger partial charge in [0.05, 0.1) is 0 Å². The van der Waals surface area contributed by atoms with Crippen LogP contribution in [0.5, 0.6) is 5.75 Å². The van der Waals surface area contributed by atoms with Crippen LogP contribution in [0.25, 0.3) is 0 Å². The number of amides is 3. The van der Waals surface area contributed by atoms with Gasteiger partial charge in [0.15, 0.2) is 0 Å². The molecule has 0 aromatic heterocycles. The van der Waals surface area contributed by atoms with E-state index in [0.717, 1.165) is 0 Å². The molecule has 0 aliphatic carbocycles. The van der Waals surface area contributed by atoms with Crippen molar-refractivity contribution in [2.24, 2.45) is 5.73 Å². The lowest BCUT2D eigenvalue weighted by atomic mass is 10.1. The van der Waals surface area contributed by atoms with Crippen LogP contribution < -0.4 is 21.1 Å². The number of para-hydroxylation sites is 1. The fraction of sp³-hybridized carbons (Fsp3) is 0.125. The molecule has 0 radical (unpaired) electrons. The number of urea groups is 1. The second kappa shape index (κ2) is 7.91. The van der Waals surface area contributed by atoms with Gasteiger partial charge in [-0.2, -0.15) is 8.78 Å². The van der Waals surface area contributed by atoms with E-state index in [1.165, 1.54) is 12.1 Å². The Labute approximate surface area is 136 Å². The monoisotopic (exact) mass is 335 g/mol. The molecule has 6 nitrogen and oxygen atoms in total. The van der Waals surface area contributed by atoms with Crippen LogP contribution in [-0.4, -0.2) is 18.5 Å². The average Bonchev–Trinajstić information content (AvgIpc) is 2.53. The zero-order valence-corrected chi connectivity index (χ0v) is 12.5. The minimum Gasteiger partial charge on any atom is -0.434 e. The van der Waals surface area contributed by atoms with Crippen LogP contribution in [0.3, 0.4) is 0 Å². The summed E-state index contributed by atoms with van der Waals surface area (Å²) >= 11 is 0. The predicted octanol–water partition coefficient (Wildman–Crippen LogP) is 2.71. The summed E-state index contributed by atoms with van der Waals surface area (Å²) in [6, 6.07) is 11.6. The second-order valence-electron chi connectivity index (χ2n) is 4.74. The Morgan fingerprint density at radius 3 is 2.58 bits per heavy atom. The molecule has 0 spiro atoms. The van der Waals surface area contributed by atoms with Crippen molar-refractivity contribution in [3.8, 4) is 5.75 Å². The summed E-state index contributed by atoms with van der Waals surface area (Å²) in [6.45, 7) is -2.94. The SMILES string of the molecule is NC(=O)Nc1cccc(C(=O)NCc2ccccc2OC(F)F)c1. The Kier molecular flexibility index (Phi) is 5.67. The zero-order valence-electron chi connectivity index (χ0n) is 12.5. The number of carbonyl (C=O) groups is 2. The van der Waals surface area contributed by atoms with Crippen molar-refractivity contribution in [1.82, 2.24) is 5.32 Å². The Balaban J connectivity index is 2.05. The smallest absolute Gasteiger partial charge is 0.387 e. The molecule has 0 saturated carbocycles. The molecule has 2 aromatic rings. The number of halogens is 2. The van der Waals surface area contributed by atoms with E-state index in [1.807, 2.05) is 0 Å². The summed E-state index contributed by atoms with van der Waals surface area (Å²) in [7, 11) is 0. The molecule has 0 saturated heterocycles. The van der Waals surface area contributed by atoms with Gasteiger partial charge in [-0.1, -0.05) is 24.3 Å². The standard InChI is InChI=1S/C16H15F2N3O3/c17-15(18)24-13-7-2-1-4-11(13)9-20-14(22)10-5-3-6-12(8-10)21-16(19)23/h1-8,15H,9H2,(H,20,22)(H3,19,21,23). The van der Waals surface area contributed by atoms with Crippen molar-refractivity contribution in [3.05, 3.63) is 59.7 Å². The van der Waals surface area contributed by atoms with Crippen molar-refractivity contribution in [2.75, 3.05) is 5.32 Å². The van der Waals surface area contributed by atoms with Crippen molar-refractivity contribution in [2.45, 2.75) is 13.2 Å². The Morgan fingerprint density at radius 1 is 1.12 bits per heavy atom. The summed E-state index contributed by atoms with van der Waals surface area (Å²) in [5, 5.41) is 4.96. The van der Waals surface area contributed by atoms with E-state index in [0.29, 0.717) is 11.3 Å². The number of anilines is 1. The van der Waals surface area contributed by atoms with Gasteiger partial charge < -0.3 is 21.1 Å². The van der Waals surface area contributed by atoms with Crippen LogP contribution in [0.15, 0.2) is 48.5 Å². The summed E-state index contributed by atoms with van der Waals surface area (Å²) in [5.41, 5.74) is 6.09. The van der Waals surface area contributed by atoms with Gasteiger partial charge in [0.1, 0.15) is 5.75 Å². The quantitative estimate of drug-likeness (QED) is 0.758. The van der Waals surface area contributed by atoms with E-state index in [1.54, 1.807) is 36.4 Å². The Hall–Kier alpha value is -3.16. The topological polar surface area (TPSA) is 93.5 Å². The van der Waals surface area contributed by atoms with E-state index in [4.69, 9.17) is 5.73 Å². The molecule has 4 N–H and O–H groups in total. The molecule has 8 heteroatoms. The summed E-state index contributed by atoms with van der Waals surface area (Å²) in [5.74, 6) is -0.438. The molecule has 2 rings (SSSR count). The molecule has 0 atom stereocenters. The number of rotatable bonds is 6. The van der Waals surface area contributed by atoms with Crippen LogP contribution in [-0.2, 0) is 6.54 Å². The largest absolute Gasteiger partial charge is 0.434 e. The molecular weight excluding hydrogens is 320 g/mol. The van der Waals surface area contributed by atoms with Crippen LogP contribution in [0, 0.1) is 0 Å². The third-order valence-electron chi connectivity index (χ3n) is 3.02. The van der Waals surface area contributed by atoms with Gasteiger partial charge in [0.2, 0.25) is 0 Å². The van der Waals surface area contributed by atoms with Gasteiger partial charge in [-0.15, -0.1) is 0 Å². The molecule has 2 aromatic carbocycles. The second-order valence-corrected chi connectivity index (χ2v) is 4.74. The number of carbonyl (C=O) groups excluding carboxylic acids is 2. The van der Waals surface area contributed by atoms with Gasteiger partial charge >= 0.3 is 12.6 Å². The normalized spacial score (nSPS) is 10.3. The number of nitrogens with two attached hydrogens (primary N) is 1. The summed E-state index contributed by atoms with van der Waals surface area (Å²) < 4.78 is 29.1. The highest BCUT2D eigenvalue weighted by atomic mass is 19.3. The maximum absolute atomic E-state index is 12.4. The molecule has 0 aliphatic rings. The van der Waals surface area contributed by atoms with E-state index in [-0.39, 0.29) is 17.9 Å². The van der Waals surface area contributed by atoms with Crippen molar-refractivity contribution >= 4 is 17.6 Å². The highest BCUT2D eigenvalue weighted by molar-refractivity contribution is 5.96. The summed E-state index contributed by atoms with van der Waals surface area (Å²) in [6.07, 6.45) is 0. The van der Waals surface area contributed by atoms with Crippen LogP contribution in [0.2, 0.25) is 0 Å². The van der Waals surface area contributed by atoms with E-state index in [9.17, 15) is 18.4 Å². The molecule has 0 unspecified atom stereocenters. The van der Waals surface area contributed by atoms with Crippen LogP contribution in [0.4, 0.5) is 19.3 Å². The maximum Gasteiger partial charge on any atom is 0.387 e. The minimum absolute atomic E-state index is 0.00283. The van der Waals surface area contributed by atoms with Gasteiger partial charge in [-0.3, -0.25) is 4.79 Å². The lowest BCUT2D eigenvalue weighted by Gasteiger charge is -2.11. The number of alkyl halides is 2. The molecule has 24 heavy (non-hydrogen) atoms. The zero-order chi connectivity index (χ0) is 17.5. The van der Waals surface area contributed by atoms with Gasteiger partial charge in [0, 0.05) is 23.4 Å². The first-order valence-corrected chi connectivity index (χ1v) is 6.93. The number of hydrogen-bond acceptors (Lipinski definition) is 3. The highest BCUT2D eigenvalue weighted by Gasteiger charge is 2.11. The van der Waals surface area contributed by atoms with Crippen molar-refractivity contribution < 1.29 is 23.1 Å². The first kappa shape index (κ1) is 17.2. The number of hydrogen-bond donors (Lipinski definition) is 3. The summed E-state index contributed by atoms with van der Waals surface area (Å²) in [4.78, 5) is 23.0. The van der Waals surface area contributed by atoms with Crippen molar-refractivity contribution in [3.63, 3.8) is 0 Å². The van der Waals surface area contributed by atoms with Gasteiger partial charge in [-0.25, -0.2) is 4.79 Å². The van der Waals surface area contributed by atoms with Gasteiger partial charge in [-0.05, 0) is 24.3 Å². The molecular formula is C16H15F2N3O3. The lowest BCUT2D eigenvalue weighted by molar-refractivity contribution is -0.0504. The number of ether oxygens (including phenoxy) is 1. The highest BCUT2D eigenvalue weighted by Crippen LogP contribution is 2.20. The number of benzene rings is 2. The number of nitrogens with one attached hydrogen (secondary N) is 2. The average molecular weight is 335 g/mol.